The van der Waals surface area contributed by atoms with Gasteiger partial charge in [-0.1, -0.05) is 72.9 Å². The molecule has 0 bridgehead atoms. The topological polar surface area (TPSA) is 15.3 Å². The first-order valence-corrected chi connectivity index (χ1v) is 10.9. The van der Waals surface area contributed by atoms with Crippen LogP contribution in [-0.2, 0) is 6.42 Å². The molecule has 4 heteroatoms. The number of piperidine rings is 1. The molecule has 27 heavy (non-hydrogen) atoms. The van der Waals surface area contributed by atoms with Gasteiger partial charge in [-0.15, -0.1) is 0 Å². The van der Waals surface area contributed by atoms with Crippen LogP contribution in [-0.4, -0.2) is 24.6 Å². The number of hydrogen-bond acceptors (Lipinski definition) is 2. The average Bonchev–Trinajstić information content (AvgIpc) is 2.69. The molecule has 1 saturated heterocycles. The van der Waals surface area contributed by atoms with Crippen LogP contribution >= 0.6 is 23.2 Å². The van der Waals surface area contributed by atoms with Crippen LogP contribution in [0.4, 0.5) is 0 Å². The molecule has 1 N–H and O–H groups in total. The predicted octanol–water partition coefficient (Wildman–Crippen LogP) is 6.34. The van der Waals surface area contributed by atoms with Crippen molar-refractivity contribution in [2.75, 3.05) is 19.6 Å². The lowest BCUT2D eigenvalue weighted by Crippen LogP contribution is -2.45. The minimum atomic E-state index is 0.465. The van der Waals surface area contributed by atoms with Crippen molar-refractivity contribution in [1.82, 2.24) is 10.4 Å². The Morgan fingerprint density at radius 2 is 1.78 bits per heavy atom. The van der Waals surface area contributed by atoms with Crippen LogP contribution in [0.1, 0.15) is 49.7 Å². The Hall–Kier alpha value is -1.06. The van der Waals surface area contributed by atoms with Crippen molar-refractivity contribution in [3.8, 4) is 0 Å². The van der Waals surface area contributed by atoms with Crippen LogP contribution in [0.2, 0.25) is 10.0 Å². The summed E-state index contributed by atoms with van der Waals surface area (Å²) in [6.07, 6.45) is 6.03. The van der Waals surface area contributed by atoms with Crippen LogP contribution in [0.25, 0.3) is 0 Å². The molecule has 0 spiro atoms. The largest absolute Gasteiger partial charge is 0.255 e. The Bertz CT molecular complexity index is 697. The normalized spacial score (nSPS) is 17.1. The maximum Gasteiger partial charge on any atom is 0.0595 e. The molecule has 3 rings (SSSR count). The number of benzene rings is 2. The summed E-state index contributed by atoms with van der Waals surface area (Å²) in [5.41, 5.74) is 6.42. The highest BCUT2D eigenvalue weighted by Crippen LogP contribution is 2.29. The minimum absolute atomic E-state index is 0.465. The summed E-state index contributed by atoms with van der Waals surface area (Å²) in [6, 6.07) is 16.9. The summed E-state index contributed by atoms with van der Waals surface area (Å²) in [5, 5.41) is 3.68. The summed E-state index contributed by atoms with van der Waals surface area (Å²) >= 11 is 12.3. The van der Waals surface area contributed by atoms with Gasteiger partial charge in [0.25, 0.3) is 0 Å². The molecule has 2 nitrogen and oxygen atoms in total. The Morgan fingerprint density at radius 3 is 2.44 bits per heavy atom. The summed E-state index contributed by atoms with van der Waals surface area (Å²) in [7, 11) is 0. The van der Waals surface area contributed by atoms with Crippen LogP contribution in [0.3, 0.4) is 0 Å². The smallest absolute Gasteiger partial charge is 0.0595 e. The monoisotopic (exact) mass is 404 g/mol. The van der Waals surface area contributed by atoms with Gasteiger partial charge in [0.2, 0.25) is 0 Å². The fourth-order valence-electron chi connectivity index (χ4n) is 3.98. The fourth-order valence-corrected chi connectivity index (χ4v) is 4.29. The first-order valence-electron chi connectivity index (χ1n) is 10.1. The van der Waals surface area contributed by atoms with E-state index in [4.69, 9.17) is 23.2 Å². The van der Waals surface area contributed by atoms with Gasteiger partial charge in [-0.25, -0.2) is 5.01 Å². The van der Waals surface area contributed by atoms with Crippen molar-refractivity contribution in [2.45, 2.75) is 44.9 Å². The summed E-state index contributed by atoms with van der Waals surface area (Å²) in [4.78, 5) is 0. The highest BCUT2D eigenvalue weighted by atomic mass is 35.5. The Morgan fingerprint density at radius 1 is 1.04 bits per heavy atom. The van der Waals surface area contributed by atoms with Gasteiger partial charge in [-0.05, 0) is 60.8 Å². The summed E-state index contributed by atoms with van der Waals surface area (Å²) < 4.78 is 0. The molecule has 2 aromatic rings. The average molecular weight is 405 g/mol. The van der Waals surface area contributed by atoms with Gasteiger partial charge in [0.15, 0.2) is 0 Å². The predicted molar refractivity (Wildman–Crippen MR) is 117 cm³/mol. The lowest BCUT2D eigenvalue weighted by Gasteiger charge is -2.33. The van der Waals surface area contributed by atoms with Crippen molar-refractivity contribution in [3.63, 3.8) is 0 Å². The van der Waals surface area contributed by atoms with Gasteiger partial charge in [0, 0.05) is 19.6 Å². The SMILES string of the molecule is CCCC(CNN1CCC(Cc2ccccc2)CC1)c1ccc(Cl)c(Cl)c1. The molecule has 0 aliphatic carbocycles. The maximum atomic E-state index is 6.23. The second kappa shape index (κ2) is 10.5. The van der Waals surface area contributed by atoms with E-state index in [-0.39, 0.29) is 0 Å². The van der Waals surface area contributed by atoms with E-state index in [1.165, 1.54) is 30.4 Å². The molecular formula is C23H30Cl2N2. The molecule has 0 saturated carbocycles. The van der Waals surface area contributed by atoms with E-state index in [1.54, 1.807) is 0 Å². The molecule has 1 heterocycles. The fraction of sp³-hybridized carbons (Fsp3) is 0.478. The van der Waals surface area contributed by atoms with Crippen LogP contribution in [0.5, 0.6) is 0 Å². The van der Waals surface area contributed by atoms with E-state index in [9.17, 15) is 0 Å². The van der Waals surface area contributed by atoms with E-state index in [0.29, 0.717) is 16.0 Å². The Balaban J connectivity index is 1.48. The van der Waals surface area contributed by atoms with Gasteiger partial charge in [0.05, 0.1) is 10.0 Å². The second-order valence-corrected chi connectivity index (χ2v) is 8.46. The number of hydrogen-bond donors (Lipinski definition) is 1. The van der Waals surface area contributed by atoms with Crippen LogP contribution in [0, 0.1) is 5.92 Å². The van der Waals surface area contributed by atoms with E-state index >= 15 is 0 Å². The highest BCUT2D eigenvalue weighted by molar-refractivity contribution is 6.42. The Kier molecular flexibility index (Phi) is 8.02. The van der Waals surface area contributed by atoms with Gasteiger partial charge in [-0.3, -0.25) is 5.43 Å². The zero-order valence-corrected chi connectivity index (χ0v) is 17.6. The lowest BCUT2D eigenvalue weighted by molar-refractivity contribution is 0.120. The summed E-state index contributed by atoms with van der Waals surface area (Å²) in [5.74, 6) is 1.26. The van der Waals surface area contributed by atoms with Crippen molar-refractivity contribution in [2.24, 2.45) is 5.92 Å². The molecule has 0 aromatic heterocycles. The zero-order chi connectivity index (χ0) is 19.1. The van der Waals surface area contributed by atoms with Crippen molar-refractivity contribution in [1.29, 1.82) is 0 Å². The van der Waals surface area contributed by atoms with Gasteiger partial charge < -0.3 is 0 Å². The second-order valence-electron chi connectivity index (χ2n) is 7.64. The minimum Gasteiger partial charge on any atom is -0.255 e. The van der Waals surface area contributed by atoms with Crippen molar-refractivity contribution in [3.05, 3.63) is 69.7 Å². The number of rotatable bonds is 8. The molecule has 1 unspecified atom stereocenters. The van der Waals surface area contributed by atoms with E-state index < -0.39 is 0 Å². The third-order valence-electron chi connectivity index (χ3n) is 5.60. The van der Waals surface area contributed by atoms with Crippen LogP contribution in [0.15, 0.2) is 48.5 Å². The van der Waals surface area contributed by atoms with E-state index in [2.05, 4.69) is 53.8 Å². The van der Waals surface area contributed by atoms with Crippen molar-refractivity contribution < 1.29 is 0 Å². The molecule has 0 radical (unpaired) electrons. The zero-order valence-electron chi connectivity index (χ0n) is 16.1. The number of halogens is 2. The highest BCUT2D eigenvalue weighted by Gasteiger charge is 2.20. The first kappa shape index (κ1) is 20.7. The molecule has 1 atom stereocenters. The molecule has 146 valence electrons. The lowest BCUT2D eigenvalue weighted by atomic mass is 9.90. The summed E-state index contributed by atoms with van der Waals surface area (Å²) in [6.45, 7) is 5.43. The molecule has 1 aliphatic heterocycles. The number of nitrogens with one attached hydrogen (secondary N) is 1. The number of nitrogens with zero attached hydrogens (tertiary/aromatic N) is 1. The third kappa shape index (κ3) is 6.22. The standard InChI is InChI=1S/C23H30Cl2N2/c1-2-6-21(20-9-10-22(24)23(25)16-20)17-26-27-13-11-19(12-14-27)15-18-7-4-3-5-8-18/h3-5,7-10,16,19,21,26H,2,6,11-15,17H2,1H3. The quantitative estimate of drug-likeness (QED) is 0.552. The third-order valence-corrected chi connectivity index (χ3v) is 6.33. The van der Waals surface area contributed by atoms with E-state index in [1.807, 2.05) is 12.1 Å². The molecular weight excluding hydrogens is 375 g/mol. The molecule has 2 aromatic carbocycles. The Labute approximate surface area is 173 Å². The van der Waals surface area contributed by atoms with Gasteiger partial charge >= 0.3 is 0 Å². The maximum absolute atomic E-state index is 6.23. The first-order chi connectivity index (χ1) is 13.2. The molecule has 0 amide bonds. The molecule has 1 fully saturated rings. The molecule has 1 aliphatic rings. The van der Waals surface area contributed by atoms with Gasteiger partial charge in [0.1, 0.15) is 0 Å². The van der Waals surface area contributed by atoms with Crippen molar-refractivity contribution >= 4 is 23.2 Å². The van der Waals surface area contributed by atoms with Crippen LogP contribution < -0.4 is 5.43 Å². The van der Waals surface area contributed by atoms with Gasteiger partial charge in [-0.2, -0.15) is 0 Å². The number of hydrazine groups is 1. The van der Waals surface area contributed by atoms with E-state index in [0.717, 1.165) is 38.4 Å².